The van der Waals surface area contributed by atoms with E-state index in [1.165, 1.54) is 6.07 Å². The molecule has 0 spiro atoms. The van der Waals surface area contributed by atoms with Crippen LogP contribution in [0.2, 0.25) is 0 Å². The molecule has 0 saturated carbocycles. The third kappa shape index (κ3) is 4.33. The van der Waals surface area contributed by atoms with Crippen LogP contribution in [-0.4, -0.2) is 42.2 Å². The molecule has 0 aromatic heterocycles. The molecule has 0 bridgehead atoms. The first-order valence-electron chi connectivity index (χ1n) is 8.27. The SMILES string of the molecule is O=C(O)c1ccc(CN2CCCN(c3ccc(F)c(F)c3)CC2)cc1. The lowest BCUT2D eigenvalue weighted by Crippen LogP contribution is -2.30. The Kier molecular flexibility index (Phi) is 5.28. The van der Waals surface area contributed by atoms with Crippen molar-refractivity contribution < 1.29 is 18.7 Å². The van der Waals surface area contributed by atoms with Crippen LogP contribution in [0.5, 0.6) is 0 Å². The molecule has 3 rings (SSSR count). The molecule has 132 valence electrons. The minimum atomic E-state index is -0.927. The minimum Gasteiger partial charge on any atom is -0.478 e. The molecule has 25 heavy (non-hydrogen) atoms. The van der Waals surface area contributed by atoms with Gasteiger partial charge in [-0.05, 0) is 36.2 Å². The van der Waals surface area contributed by atoms with Crippen molar-refractivity contribution in [2.75, 3.05) is 31.1 Å². The zero-order chi connectivity index (χ0) is 17.8. The van der Waals surface area contributed by atoms with Crippen LogP contribution in [-0.2, 0) is 6.54 Å². The van der Waals surface area contributed by atoms with Gasteiger partial charge < -0.3 is 10.0 Å². The lowest BCUT2D eigenvalue weighted by atomic mass is 10.1. The van der Waals surface area contributed by atoms with Crippen molar-refractivity contribution in [1.82, 2.24) is 4.90 Å². The van der Waals surface area contributed by atoms with Gasteiger partial charge >= 0.3 is 5.97 Å². The van der Waals surface area contributed by atoms with Crippen LogP contribution in [0.15, 0.2) is 42.5 Å². The van der Waals surface area contributed by atoms with Crippen LogP contribution in [0, 0.1) is 11.6 Å². The Morgan fingerprint density at radius 3 is 2.40 bits per heavy atom. The van der Waals surface area contributed by atoms with Gasteiger partial charge in [0.15, 0.2) is 11.6 Å². The van der Waals surface area contributed by atoms with E-state index in [-0.39, 0.29) is 5.56 Å². The summed E-state index contributed by atoms with van der Waals surface area (Å²) in [5, 5.41) is 8.94. The number of benzene rings is 2. The normalized spacial score (nSPS) is 15.8. The Hall–Kier alpha value is -2.47. The second-order valence-electron chi connectivity index (χ2n) is 6.22. The molecule has 0 amide bonds. The molecule has 1 fully saturated rings. The fourth-order valence-electron chi connectivity index (χ4n) is 3.08. The first-order chi connectivity index (χ1) is 12.0. The number of carboxylic acid groups (broad SMARTS) is 1. The van der Waals surface area contributed by atoms with E-state index < -0.39 is 17.6 Å². The van der Waals surface area contributed by atoms with Crippen LogP contribution in [0.3, 0.4) is 0 Å². The summed E-state index contributed by atoms with van der Waals surface area (Å²) in [5.74, 6) is -2.58. The van der Waals surface area contributed by atoms with Gasteiger partial charge in [-0.15, -0.1) is 0 Å². The summed E-state index contributed by atoms with van der Waals surface area (Å²) in [6, 6.07) is 10.9. The fourth-order valence-corrected chi connectivity index (χ4v) is 3.08. The zero-order valence-electron chi connectivity index (χ0n) is 13.8. The van der Waals surface area contributed by atoms with E-state index in [1.54, 1.807) is 18.2 Å². The fraction of sp³-hybridized carbons (Fsp3) is 0.316. The van der Waals surface area contributed by atoms with Gasteiger partial charge in [0.25, 0.3) is 0 Å². The van der Waals surface area contributed by atoms with Gasteiger partial charge in [-0.25, -0.2) is 13.6 Å². The number of hydrogen-bond donors (Lipinski definition) is 1. The number of aromatic carboxylic acids is 1. The van der Waals surface area contributed by atoms with Crippen molar-refractivity contribution in [2.45, 2.75) is 13.0 Å². The van der Waals surface area contributed by atoms with Crippen LogP contribution in [0.4, 0.5) is 14.5 Å². The lowest BCUT2D eigenvalue weighted by Gasteiger charge is -2.24. The number of nitrogens with zero attached hydrogens (tertiary/aromatic N) is 2. The lowest BCUT2D eigenvalue weighted by molar-refractivity contribution is 0.0697. The van der Waals surface area contributed by atoms with Crippen LogP contribution < -0.4 is 4.90 Å². The summed E-state index contributed by atoms with van der Waals surface area (Å²) >= 11 is 0. The average Bonchev–Trinajstić information content (AvgIpc) is 2.83. The second kappa shape index (κ2) is 7.61. The summed E-state index contributed by atoms with van der Waals surface area (Å²) in [6.45, 7) is 3.98. The van der Waals surface area contributed by atoms with E-state index in [4.69, 9.17) is 5.11 Å². The molecule has 1 saturated heterocycles. The number of rotatable bonds is 4. The van der Waals surface area contributed by atoms with Crippen LogP contribution in [0.25, 0.3) is 0 Å². The van der Waals surface area contributed by atoms with E-state index in [2.05, 4.69) is 9.80 Å². The average molecular weight is 346 g/mol. The van der Waals surface area contributed by atoms with Gasteiger partial charge in [-0.3, -0.25) is 4.90 Å². The van der Waals surface area contributed by atoms with Gasteiger partial charge in [-0.2, -0.15) is 0 Å². The van der Waals surface area contributed by atoms with Gasteiger partial charge in [0, 0.05) is 44.5 Å². The molecule has 1 heterocycles. The van der Waals surface area contributed by atoms with Crippen molar-refractivity contribution in [3.8, 4) is 0 Å². The number of halogens is 2. The molecule has 0 radical (unpaired) electrons. The van der Waals surface area contributed by atoms with E-state index >= 15 is 0 Å². The van der Waals surface area contributed by atoms with Gasteiger partial charge in [0.2, 0.25) is 0 Å². The molecule has 0 unspecified atom stereocenters. The third-order valence-corrected chi connectivity index (χ3v) is 4.46. The Morgan fingerprint density at radius 1 is 0.960 bits per heavy atom. The highest BCUT2D eigenvalue weighted by atomic mass is 19.2. The van der Waals surface area contributed by atoms with Crippen molar-refractivity contribution in [3.05, 3.63) is 65.2 Å². The van der Waals surface area contributed by atoms with Gasteiger partial charge in [0.05, 0.1) is 5.56 Å². The van der Waals surface area contributed by atoms with E-state index in [0.29, 0.717) is 5.69 Å². The van der Waals surface area contributed by atoms with Crippen molar-refractivity contribution in [3.63, 3.8) is 0 Å². The monoisotopic (exact) mass is 346 g/mol. The molecule has 1 aliphatic rings. The van der Waals surface area contributed by atoms with E-state index in [1.807, 2.05) is 12.1 Å². The number of hydrogen-bond acceptors (Lipinski definition) is 3. The summed E-state index contributed by atoms with van der Waals surface area (Å²) < 4.78 is 26.5. The molecule has 0 aliphatic carbocycles. The maximum Gasteiger partial charge on any atom is 0.335 e. The second-order valence-corrected chi connectivity index (χ2v) is 6.22. The van der Waals surface area contributed by atoms with Crippen molar-refractivity contribution in [1.29, 1.82) is 0 Å². The standard InChI is InChI=1S/C19H20F2N2O2/c20-17-7-6-16(12-18(17)21)23-9-1-8-22(10-11-23)13-14-2-4-15(5-3-14)19(24)25/h2-7,12H,1,8-11,13H2,(H,24,25). The Morgan fingerprint density at radius 2 is 1.72 bits per heavy atom. The predicted octanol–water partition coefficient (Wildman–Crippen LogP) is 3.38. The summed E-state index contributed by atoms with van der Waals surface area (Å²) in [5.41, 5.74) is 2.04. The molecule has 1 N–H and O–H groups in total. The zero-order valence-corrected chi connectivity index (χ0v) is 13.8. The van der Waals surface area contributed by atoms with E-state index in [0.717, 1.165) is 50.8 Å². The van der Waals surface area contributed by atoms with Crippen molar-refractivity contribution >= 4 is 11.7 Å². The minimum absolute atomic E-state index is 0.282. The maximum absolute atomic E-state index is 13.4. The molecule has 1 aliphatic heterocycles. The molecular weight excluding hydrogens is 326 g/mol. The van der Waals surface area contributed by atoms with E-state index in [9.17, 15) is 13.6 Å². The van der Waals surface area contributed by atoms with Gasteiger partial charge in [-0.1, -0.05) is 12.1 Å². The van der Waals surface area contributed by atoms with Gasteiger partial charge in [0.1, 0.15) is 0 Å². The Balaban J connectivity index is 1.61. The quantitative estimate of drug-likeness (QED) is 0.922. The van der Waals surface area contributed by atoms with Crippen LogP contribution in [0.1, 0.15) is 22.3 Å². The highest BCUT2D eigenvalue weighted by Gasteiger charge is 2.16. The number of anilines is 1. The molecular formula is C19H20F2N2O2. The first kappa shape index (κ1) is 17.4. The smallest absolute Gasteiger partial charge is 0.335 e. The highest BCUT2D eigenvalue weighted by molar-refractivity contribution is 5.87. The number of carbonyl (C=O) groups is 1. The maximum atomic E-state index is 13.4. The highest BCUT2D eigenvalue weighted by Crippen LogP contribution is 2.20. The third-order valence-electron chi connectivity index (χ3n) is 4.46. The summed E-state index contributed by atoms with van der Waals surface area (Å²) in [6.07, 6.45) is 0.923. The summed E-state index contributed by atoms with van der Waals surface area (Å²) in [7, 11) is 0. The van der Waals surface area contributed by atoms with Crippen LogP contribution >= 0.6 is 0 Å². The predicted molar refractivity (Wildman–Crippen MR) is 91.9 cm³/mol. The molecule has 6 heteroatoms. The topological polar surface area (TPSA) is 43.8 Å². The Labute approximate surface area is 145 Å². The molecule has 2 aromatic carbocycles. The largest absolute Gasteiger partial charge is 0.478 e. The Bertz CT molecular complexity index is 750. The van der Waals surface area contributed by atoms with Crippen molar-refractivity contribution in [2.24, 2.45) is 0 Å². The summed E-state index contributed by atoms with van der Waals surface area (Å²) in [4.78, 5) is 15.3. The molecule has 2 aromatic rings. The first-order valence-corrected chi connectivity index (χ1v) is 8.27. The molecule has 0 atom stereocenters. The molecule has 4 nitrogen and oxygen atoms in total. The number of carboxylic acids is 1.